The average molecular weight is 833 g/mol. The number of nitrogens with one attached hydrogen (secondary N) is 3. The first kappa shape index (κ1) is 44.6. The Morgan fingerprint density at radius 3 is 1.57 bits per heavy atom. The zero-order valence-electron chi connectivity index (χ0n) is 31.8. The third-order valence-corrected chi connectivity index (χ3v) is 8.84. The highest BCUT2D eigenvalue weighted by molar-refractivity contribution is 6.37. The first-order valence-corrected chi connectivity index (χ1v) is 19.0. The van der Waals surface area contributed by atoms with Crippen LogP contribution in [0.15, 0.2) is 106 Å². The average Bonchev–Trinajstić information content (AvgIpc) is 3.65. The van der Waals surface area contributed by atoms with E-state index in [1.807, 2.05) is 102 Å². The molecule has 1 aromatic heterocycles. The van der Waals surface area contributed by atoms with Crippen molar-refractivity contribution in [3.8, 4) is 22.3 Å². The molecule has 5 N–H and O–H groups in total. The van der Waals surface area contributed by atoms with E-state index in [2.05, 4.69) is 20.1 Å². The van der Waals surface area contributed by atoms with Gasteiger partial charge >= 0.3 is 29.5 Å². The summed E-state index contributed by atoms with van der Waals surface area (Å²) < 4.78 is 14.6. The summed E-state index contributed by atoms with van der Waals surface area (Å²) in [6.45, 7) is 3.51. The summed E-state index contributed by atoms with van der Waals surface area (Å²) in [5, 5.41) is 12.1. The topological polar surface area (TPSA) is 213 Å². The molecule has 0 bridgehead atoms. The number of halogens is 2. The zero-order chi connectivity index (χ0) is 42.0. The number of nitrogens with zero attached hydrogens (tertiary/aromatic N) is 1. The summed E-state index contributed by atoms with van der Waals surface area (Å²) in [7, 11) is 0. The summed E-state index contributed by atoms with van der Waals surface area (Å²) in [6, 6.07) is 29.3. The number of benzene rings is 4. The summed E-state index contributed by atoms with van der Waals surface area (Å²) in [5.74, 6) is -4.34. The van der Waals surface area contributed by atoms with Gasteiger partial charge in [-0.05, 0) is 84.3 Å². The number of carbonyl (C=O) groups excluding carboxylic acids is 5. The van der Waals surface area contributed by atoms with E-state index in [1.54, 1.807) is 13.8 Å². The summed E-state index contributed by atoms with van der Waals surface area (Å²) in [6.07, 6.45) is 0.672. The van der Waals surface area contributed by atoms with Crippen molar-refractivity contribution in [2.45, 2.75) is 51.6 Å². The van der Waals surface area contributed by atoms with E-state index in [0.29, 0.717) is 22.9 Å². The Balaban J connectivity index is 0.000000257. The van der Waals surface area contributed by atoms with Crippen molar-refractivity contribution in [1.29, 1.82) is 0 Å². The van der Waals surface area contributed by atoms with Gasteiger partial charge in [-0.25, -0.2) is 9.89 Å². The second-order valence-corrected chi connectivity index (χ2v) is 13.6. The van der Waals surface area contributed by atoms with Gasteiger partial charge in [0.25, 0.3) is 5.91 Å². The number of nitrogens with two attached hydrogens (primary N) is 1. The molecule has 58 heavy (non-hydrogen) atoms. The number of esters is 2. The van der Waals surface area contributed by atoms with Crippen LogP contribution in [-0.2, 0) is 41.5 Å². The van der Waals surface area contributed by atoms with E-state index in [1.165, 1.54) is 0 Å². The molecule has 5 rings (SSSR count). The smallest absolute Gasteiger partial charge is 0.434 e. The van der Waals surface area contributed by atoms with Gasteiger partial charge in [0, 0.05) is 22.1 Å². The number of amides is 2. The Labute approximate surface area is 344 Å². The molecule has 0 radical (unpaired) electrons. The van der Waals surface area contributed by atoms with Crippen LogP contribution in [0, 0.1) is 0 Å². The molecule has 5 aromatic rings. The van der Waals surface area contributed by atoms with Gasteiger partial charge in [0.1, 0.15) is 0 Å². The maximum absolute atomic E-state index is 12.3. The molecule has 0 unspecified atom stereocenters. The van der Waals surface area contributed by atoms with Crippen molar-refractivity contribution in [2.24, 2.45) is 5.73 Å². The molecule has 4 aromatic carbocycles. The number of aromatic nitrogens is 2. The number of ketones is 1. The minimum absolute atomic E-state index is 0.0342. The Bertz CT molecular complexity index is 2220. The monoisotopic (exact) mass is 831 g/mol. The lowest BCUT2D eigenvalue weighted by Gasteiger charge is -2.18. The number of ether oxygens (including phenoxy) is 2. The molecule has 0 aliphatic carbocycles. The number of hydrogen-bond donors (Lipinski definition) is 4. The third kappa shape index (κ3) is 14.4. The lowest BCUT2D eigenvalue weighted by atomic mass is 9.99. The number of H-pyrrole nitrogens is 1. The van der Waals surface area contributed by atoms with Gasteiger partial charge in [-0.3, -0.25) is 24.0 Å². The van der Waals surface area contributed by atoms with Crippen LogP contribution in [0.2, 0.25) is 10.0 Å². The van der Waals surface area contributed by atoms with Crippen LogP contribution in [0.4, 0.5) is 0 Å². The van der Waals surface area contributed by atoms with Crippen molar-refractivity contribution < 1.29 is 37.9 Å². The highest BCUT2D eigenvalue weighted by Crippen LogP contribution is 2.25. The standard InChI is InChI=1S/C21H20ClN3O5.C21H23ClN2O4/c1-2-29-18(26)12-17(23-19(27)20-24-25-21(28)30-20)10-13-6-8-14(9-7-13)15-4-3-5-16(22)11-15;1-2-28-20(26)12-18(24-21(27)19(25)13-23)10-14-6-8-15(9-7-14)16-4-3-5-17(22)11-16/h3-9,11,17H,2,10,12H2,1H3,(H,23,27)(H,25,28);3-9,11,18H,2,10,12-13,23H2,1H3,(H,24,27)/t17-;18-/m11/s1. The fourth-order valence-electron chi connectivity index (χ4n) is 5.70. The molecule has 16 heteroatoms. The summed E-state index contributed by atoms with van der Waals surface area (Å²) >= 11 is 12.1. The first-order chi connectivity index (χ1) is 27.9. The van der Waals surface area contributed by atoms with E-state index in [-0.39, 0.29) is 32.6 Å². The number of aromatic amines is 1. The molecule has 0 aliphatic rings. The van der Waals surface area contributed by atoms with Gasteiger partial charge in [0.2, 0.25) is 5.78 Å². The molecule has 0 saturated heterocycles. The molecule has 14 nitrogen and oxygen atoms in total. The molecular formula is C42H43Cl2N5O9. The molecule has 0 spiro atoms. The maximum atomic E-state index is 12.3. The molecule has 2 atom stereocenters. The van der Waals surface area contributed by atoms with Crippen molar-refractivity contribution in [3.05, 3.63) is 135 Å². The van der Waals surface area contributed by atoms with E-state index >= 15 is 0 Å². The largest absolute Gasteiger partial charge is 0.466 e. The number of carbonyl (C=O) groups is 5. The van der Waals surface area contributed by atoms with E-state index in [0.717, 1.165) is 33.4 Å². The predicted octanol–water partition coefficient (Wildman–Crippen LogP) is 5.49. The van der Waals surface area contributed by atoms with Crippen molar-refractivity contribution >= 4 is 52.7 Å². The second-order valence-electron chi connectivity index (χ2n) is 12.7. The Morgan fingerprint density at radius 2 is 1.17 bits per heavy atom. The van der Waals surface area contributed by atoms with Crippen LogP contribution in [0.25, 0.3) is 22.3 Å². The molecule has 2 amide bonds. The van der Waals surface area contributed by atoms with Crippen LogP contribution in [0.3, 0.4) is 0 Å². The SMILES string of the molecule is CCOC(=O)C[C@@H](Cc1ccc(-c2cccc(Cl)c2)cc1)NC(=O)C(=O)CN.CCOC(=O)C[C@@H](Cc1ccc(-c2cccc(Cl)c2)cc1)NC(=O)c1n[nH]c(=O)o1. The summed E-state index contributed by atoms with van der Waals surface area (Å²) in [5.41, 5.74) is 11.0. The van der Waals surface area contributed by atoms with Crippen LogP contribution >= 0.6 is 23.2 Å². The zero-order valence-corrected chi connectivity index (χ0v) is 33.3. The lowest BCUT2D eigenvalue weighted by Crippen LogP contribution is -2.43. The van der Waals surface area contributed by atoms with Gasteiger partial charge in [0.05, 0.1) is 32.6 Å². The van der Waals surface area contributed by atoms with Crippen LogP contribution in [0.1, 0.15) is 48.5 Å². The van der Waals surface area contributed by atoms with Gasteiger partial charge in [-0.2, -0.15) is 0 Å². The summed E-state index contributed by atoms with van der Waals surface area (Å²) in [4.78, 5) is 70.5. The first-order valence-electron chi connectivity index (χ1n) is 18.3. The van der Waals surface area contributed by atoms with Gasteiger partial charge in [-0.1, -0.05) is 96.0 Å². The fraction of sp³-hybridized carbons (Fsp3) is 0.262. The minimum Gasteiger partial charge on any atom is -0.466 e. The van der Waals surface area contributed by atoms with E-state index < -0.39 is 53.3 Å². The molecule has 0 fully saturated rings. The quantitative estimate of drug-likeness (QED) is 0.0679. The van der Waals surface area contributed by atoms with Crippen LogP contribution < -0.4 is 22.1 Å². The Morgan fingerprint density at radius 1 is 0.707 bits per heavy atom. The lowest BCUT2D eigenvalue weighted by molar-refractivity contribution is -0.145. The number of Topliss-reactive ketones (excluding diaryl/α,β-unsaturated/α-hetero) is 1. The van der Waals surface area contributed by atoms with E-state index in [4.69, 9.17) is 38.4 Å². The molecule has 1 heterocycles. The number of rotatable bonds is 17. The third-order valence-electron chi connectivity index (χ3n) is 8.37. The van der Waals surface area contributed by atoms with Crippen molar-refractivity contribution in [3.63, 3.8) is 0 Å². The molecule has 0 saturated carbocycles. The van der Waals surface area contributed by atoms with Crippen molar-refractivity contribution in [1.82, 2.24) is 20.8 Å². The Kier molecular flexibility index (Phi) is 17.4. The predicted molar refractivity (Wildman–Crippen MR) is 218 cm³/mol. The van der Waals surface area contributed by atoms with Gasteiger partial charge in [-0.15, -0.1) is 5.10 Å². The van der Waals surface area contributed by atoms with E-state index in [9.17, 15) is 28.8 Å². The number of hydrogen-bond acceptors (Lipinski definition) is 11. The minimum atomic E-state index is -0.835. The molecule has 0 aliphatic heterocycles. The Hall–Kier alpha value is -6.09. The fourth-order valence-corrected chi connectivity index (χ4v) is 6.08. The van der Waals surface area contributed by atoms with Gasteiger partial charge < -0.3 is 30.3 Å². The van der Waals surface area contributed by atoms with Crippen LogP contribution in [0.5, 0.6) is 0 Å². The van der Waals surface area contributed by atoms with Crippen molar-refractivity contribution in [2.75, 3.05) is 19.8 Å². The van der Waals surface area contributed by atoms with Crippen LogP contribution in [-0.4, -0.2) is 71.6 Å². The normalized spacial score (nSPS) is 11.6. The molecule has 304 valence electrons. The second kappa shape index (κ2) is 22.6. The molecular weight excluding hydrogens is 789 g/mol. The highest BCUT2D eigenvalue weighted by atomic mass is 35.5. The van der Waals surface area contributed by atoms with Gasteiger partial charge in [0.15, 0.2) is 0 Å². The highest BCUT2D eigenvalue weighted by Gasteiger charge is 2.23. The maximum Gasteiger partial charge on any atom is 0.434 e.